The molecule has 1 saturated carbocycles. The number of alkyl halides is 1. The second-order valence-corrected chi connectivity index (χ2v) is 7.12. The van der Waals surface area contributed by atoms with Crippen LogP contribution < -0.4 is 0 Å². The van der Waals surface area contributed by atoms with Crippen LogP contribution in [0.4, 0.5) is 4.39 Å². The molecule has 1 spiro atoms. The highest BCUT2D eigenvalue weighted by Gasteiger charge is 2.50. The van der Waals surface area contributed by atoms with Crippen molar-refractivity contribution < 1.29 is 18.4 Å². The van der Waals surface area contributed by atoms with Crippen molar-refractivity contribution in [2.45, 2.75) is 69.2 Å². The lowest BCUT2D eigenvalue weighted by Gasteiger charge is -2.43. The fourth-order valence-electron chi connectivity index (χ4n) is 3.90. The minimum atomic E-state index is -1.59. The van der Waals surface area contributed by atoms with Crippen LogP contribution in [0, 0.1) is 6.92 Å². The maximum atomic E-state index is 14.3. The molecular weight excluding hydrogens is 301 g/mol. The first-order chi connectivity index (χ1) is 11.0. The van der Waals surface area contributed by atoms with Gasteiger partial charge in [0.1, 0.15) is 6.10 Å². The largest absolute Gasteiger partial charge is 0.362 e. The van der Waals surface area contributed by atoms with Crippen molar-refractivity contribution >= 4 is 5.91 Å². The summed E-state index contributed by atoms with van der Waals surface area (Å²) in [6.07, 6.45) is 4.68. The van der Waals surface area contributed by atoms with E-state index in [2.05, 4.69) is 10.1 Å². The third kappa shape index (κ3) is 2.55. The van der Waals surface area contributed by atoms with Gasteiger partial charge in [-0.15, -0.1) is 0 Å². The number of carbonyl (C=O) groups is 1. The van der Waals surface area contributed by atoms with Gasteiger partial charge in [-0.3, -0.25) is 4.79 Å². The fraction of sp³-hybridized carbons (Fsp3) is 0.812. The third-order valence-electron chi connectivity index (χ3n) is 5.56. The summed E-state index contributed by atoms with van der Waals surface area (Å²) in [7, 11) is 0. The quantitative estimate of drug-likeness (QED) is 0.836. The maximum Gasteiger partial charge on any atom is 0.260 e. The Morgan fingerprint density at radius 3 is 2.57 bits per heavy atom. The number of piperidine rings is 1. The van der Waals surface area contributed by atoms with Crippen molar-refractivity contribution in [3.8, 4) is 0 Å². The van der Waals surface area contributed by atoms with Gasteiger partial charge in [0, 0.05) is 13.1 Å². The summed E-state index contributed by atoms with van der Waals surface area (Å²) in [6, 6.07) is 0. The normalized spacial score (nSPS) is 28.8. The smallest absolute Gasteiger partial charge is 0.260 e. The summed E-state index contributed by atoms with van der Waals surface area (Å²) < 4.78 is 25.7. The second-order valence-electron chi connectivity index (χ2n) is 7.12. The minimum Gasteiger partial charge on any atom is -0.362 e. The Balaban J connectivity index is 1.37. The van der Waals surface area contributed by atoms with Gasteiger partial charge in [0.15, 0.2) is 11.5 Å². The molecule has 1 aliphatic carbocycles. The molecule has 1 aromatic heterocycles. The van der Waals surface area contributed by atoms with E-state index in [0.29, 0.717) is 37.6 Å². The SMILES string of the molecule is Cc1noc(C2CCC3(CCN(C(=O)C4(F)CCC4)CC3)O2)n1. The molecule has 3 aliphatic rings. The summed E-state index contributed by atoms with van der Waals surface area (Å²) in [5, 5.41) is 3.81. The molecule has 23 heavy (non-hydrogen) atoms. The van der Waals surface area contributed by atoms with E-state index in [1.165, 1.54) is 0 Å². The first-order valence-electron chi connectivity index (χ1n) is 8.46. The summed E-state index contributed by atoms with van der Waals surface area (Å²) in [4.78, 5) is 18.2. The van der Waals surface area contributed by atoms with Crippen LogP contribution >= 0.6 is 0 Å². The lowest BCUT2D eigenvalue weighted by atomic mass is 9.80. The Hall–Kier alpha value is -1.50. The van der Waals surface area contributed by atoms with E-state index in [0.717, 1.165) is 32.1 Å². The number of aromatic nitrogens is 2. The molecule has 2 aliphatic heterocycles. The van der Waals surface area contributed by atoms with E-state index in [4.69, 9.17) is 9.26 Å². The van der Waals surface area contributed by atoms with Gasteiger partial charge >= 0.3 is 0 Å². The average molecular weight is 323 g/mol. The number of halogens is 1. The van der Waals surface area contributed by atoms with E-state index in [-0.39, 0.29) is 17.6 Å². The molecule has 1 atom stereocenters. The first kappa shape index (κ1) is 15.1. The number of nitrogens with zero attached hydrogens (tertiary/aromatic N) is 3. The molecule has 2 saturated heterocycles. The predicted octanol–water partition coefficient (Wildman–Crippen LogP) is 2.48. The third-order valence-corrected chi connectivity index (χ3v) is 5.56. The molecule has 0 aromatic carbocycles. The second kappa shape index (κ2) is 5.26. The molecule has 1 amide bonds. The van der Waals surface area contributed by atoms with E-state index in [1.807, 2.05) is 0 Å². The van der Waals surface area contributed by atoms with Crippen molar-refractivity contribution in [1.82, 2.24) is 15.0 Å². The Morgan fingerprint density at radius 2 is 2.00 bits per heavy atom. The number of aryl methyl sites for hydroxylation is 1. The molecule has 0 radical (unpaired) electrons. The zero-order chi connectivity index (χ0) is 16.1. The van der Waals surface area contributed by atoms with Gasteiger partial charge < -0.3 is 14.2 Å². The number of amides is 1. The lowest BCUT2D eigenvalue weighted by molar-refractivity contribution is -0.156. The molecule has 126 valence electrons. The Kier molecular flexibility index (Phi) is 3.44. The van der Waals surface area contributed by atoms with Crippen molar-refractivity contribution in [2.75, 3.05) is 13.1 Å². The maximum absolute atomic E-state index is 14.3. The topological polar surface area (TPSA) is 68.5 Å². The van der Waals surface area contributed by atoms with Gasteiger partial charge in [0.2, 0.25) is 0 Å². The number of hydrogen-bond donors (Lipinski definition) is 0. The molecule has 7 heteroatoms. The molecule has 3 fully saturated rings. The van der Waals surface area contributed by atoms with Gasteiger partial charge in [0.25, 0.3) is 11.8 Å². The van der Waals surface area contributed by atoms with Crippen molar-refractivity contribution in [1.29, 1.82) is 0 Å². The van der Waals surface area contributed by atoms with Gasteiger partial charge in [-0.05, 0) is 51.9 Å². The van der Waals surface area contributed by atoms with Gasteiger partial charge in [-0.25, -0.2) is 4.39 Å². The van der Waals surface area contributed by atoms with Gasteiger partial charge in [-0.2, -0.15) is 4.98 Å². The predicted molar refractivity (Wildman–Crippen MR) is 78.3 cm³/mol. The highest BCUT2D eigenvalue weighted by atomic mass is 19.1. The standard InChI is InChI=1S/C16H22FN3O3/c1-11-18-13(23-19-11)12-3-6-15(22-12)7-9-20(10-8-15)14(21)16(17)4-2-5-16/h12H,2-10H2,1H3. The van der Waals surface area contributed by atoms with Gasteiger partial charge in [0.05, 0.1) is 5.60 Å². The zero-order valence-electron chi connectivity index (χ0n) is 13.4. The first-order valence-corrected chi connectivity index (χ1v) is 8.46. The monoisotopic (exact) mass is 323 g/mol. The van der Waals surface area contributed by atoms with Crippen LogP contribution in [0.15, 0.2) is 4.52 Å². The zero-order valence-corrected chi connectivity index (χ0v) is 13.4. The van der Waals surface area contributed by atoms with Crippen LogP contribution in [0.1, 0.15) is 62.8 Å². The molecular formula is C16H22FN3O3. The summed E-state index contributed by atoms with van der Waals surface area (Å²) in [6.45, 7) is 2.93. The molecule has 6 nitrogen and oxygen atoms in total. The molecule has 3 heterocycles. The van der Waals surface area contributed by atoms with Crippen molar-refractivity contribution in [2.24, 2.45) is 0 Å². The van der Waals surface area contributed by atoms with Crippen LogP contribution in [0.2, 0.25) is 0 Å². The van der Waals surface area contributed by atoms with Crippen LogP contribution in [0.5, 0.6) is 0 Å². The molecule has 1 aromatic rings. The van der Waals surface area contributed by atoms with E-state index >= 15 is 0 Å². The molecule has 4 rings (SSSR count). The van der Waals surface area contributed by atoms with Crippen LogP contribution in [-0.4, -0.2) is 45.3 Å². The van der Waals surface area contributed by atoms with Crippen LogP contribution in [0.3, 0.4) is 0 Å². The Bertz CT molecular complexity index is 605. The minimum absolute atomic E-state index is 0.155. The van der Waals surface area contributed by atoms with E-state index < -0.39 is 5.67 Å². The number of carbonyl (C=O) groups excluding carboxylic acids is 1. The number of hydrogen-bond acceptors (Lipinski definition) is 5. The molecule has 1 unspecified atom stereocenters. The average Bonchev–Trinajstić information content (AvgIpc) is 3.12. The van der Waals surface area contributed by atoms with Crippen molar-refractivity contribution in [3.05, 3.63) is 11.7 Å². The fourth-order valence-corrected chi connectivity index (χ4v) is 3.90. The Labute approximate surface area is 134 Å². The summed E-state index contributed by atoms with van der Waals surface area (Å²) >= 11 is 0. The van der Waals surface area contributed by atoms with E-state index in [1.54, 1.807) is 11.8 Å². The Morgan fingerprint density at radius 1 is 1.26 bits per heavy atom. The summed E-state index contributed by atoms with van der Waals surface area (Å²) in [5.41, 5.74) is -1.82. The summed E-state index contributed by atoms with van der Waals surface area (Å²) in [5.74, 6) is 0.828. The van der Waals surface area contributed by atoms with Crippen molar-refractivity contribution in [3.63, 3.8) is 0 Å². The number of ether oxygens (including phenoxy) is 1. The number of rotatable bonds is 2. The molecule has 0 N–H and O–H groups in total. The van der Waals surface area contributed by atoms with Crippen LogP contribution in [0.25, 0.3) is 0 Å². The van der Waals surface area contributed by atoms with E-state index in [9.17, 15) is 9.18 Å². The molecule has 0 bridgehead atoms. The van der Waals surface area contributed by atoms with Gasteiger partial charge in [-0.1, -0.05) is 5.16 Å². The van der Waals surface area contributed by atoms with Crippen LogP contribution in [-0.2, 0) is 9.53 Å². The highest BCUT2D eigenvalue weighted by molar-refractivity contribution is 5.86. The lowest BCUT2D eigenvalue weighted by Crippen LogP contribution is -2.54. The highest BCUT2D eigenvalue weighted by Crippen LogP contribution is 2.45. The number of likely N-dealkylation sites (tertiary alicyclic amines) is 1.